The Kier molecular flexibility index (Phi) is 3.79. The van der Waals surface area contributed by atoms with E-state index in [0.29, 0.717) is 18.3 Å². The minimum atomic E-state index is 0.0140. The summed E-state index contributed by atoms with van der Waals surface area (Å²) in [4.78, 5) is 15.9. The van der Waals surface area contributed by atoms with Crippen LogP contribution in [0.2, 0.25) is 0 Å². The van der Waals surface area contributed by atoms with Gasteiger partial charge in [0, 0.05) is 30.1 Å². The molecule has 0 aromatic carbocycles. The van der Waals surface area contributed by atoms with E-state index in [0.717, 1.165) is 24.4 Å². The quantitative estimate of drug-likeness (QED) is 0.838. The number of fused-ring (bicyclic) bond motifs is 3. The highest BCUT2D eigenvalue weighted by Crippen LogP contribution is 2.41. The SMILES string of the molecule is CC(C)(C)n1cc2c(n1)[C@H]1CN(C(=O)Cc3cccs3)C[C@H]1CC2. The molecule has 1 fully saturated rings. The molecule has 128 valence electrons. The van der Waals surface area contributed by atoms with Gasteiger partial charge in [0.15, 0.2) is 0 Å². The molecule has 4 rings (SSSR count). The number of likely N-dealkylation sites (tertiary alicyclic amines) is 1. The van der Waals surface area contributed by atoms with Crippen molar-refractivity contribution in [3.8, 4) is 0 Å². The summed E-state index contributed by atoms with van der Waals surface area (Å²) in [6.07, 6.45) is 5.04. The van der Waals surface area contributed by atoms with Gasteiger partial charge in [-0.1, -0.05) is 6.07 Å². The third-order valence-corrected chi connectivity index (χ3v) is 6.22. The molecule has 1 amide bonds. The summed E-state index contributed by atoms with van der Waals surface area (Å²) >= 11 is 1.67. The average molecular weight is 343 g/mol. The fourth-order valence-corrected chi connectivity index (χ4v) is 4.66. The highest BCUT2D eigenvalue weighted by atomic mass is 32.1. The second-order valence-electron chi connectivity index (χ2n) is 8.12. The van der Waals surface area contributed by atoms with Crippen molar-refractivity contribution in [3.63, 3.8) is 0 Å². The molecule has 0 unspecified atom stereocenters. The first-order valence-electron chi connectivity index (χ1n) is 8.81. The smallest absolute Gasteiger partial charge is 0.227 e. The van der Waals surface area contributed by atoms with Crippen LogP contribution < -0.4 is 0 Å². The van der Waals surface area contributed by atoms with Gasteiger partial charge in [0.1, 0.15) is 0 Å². The van der Waals surface area contributed by atoms with Gasteiger partial charge in [-0.3, -0.25) is 9.48 Å². The minimum Gasteiger partial charge on any atom is -0.341 e. The number of aromatic nitrogens is 2. The average Bonchev–Trinajstić information content (AvgIpc) is 3.23. The standard InChI is InChI=1S/C19H25N3OS/c1-19(2,3)22-11-14-7-6-13-10-21(12-16(13)18(14)20-22)17(23)9-15-5-4-8-24-15/h4-5,8,11,13,16H,6-7,9-10,12H2,1-3H3/t13-,16+/m1/s1. The fourth-order valence-electron chi connectivity index (χ4n) is 3.96. The Bertz CT molecular complexity index is 741. The van der Waals surface area contributed by atoms with E-state index in [1.165, 1.54) is 17.7 Å². The number of nitrogens with zero attached hydrogens (tertiary/aromatic N) is 3. The molecule has 24 heavy (non-hydrogen) atoms. The van der Waals surface area contributed by atoms with E-state index in [9.17, 15) is 4.79 Å². The lowest BCUT2D eigenvalue weighted by Gasteiger charge is -2.22. The van der Waals surface area contributed by atoms with Gasteiger partial charge in [-0.15, -0.1) is 11.3 Å². The maximum absolute atomic E-state index is 12.6. The molecule has 3 heterocycles. The molecule has 4 nitrogen and oxygen atoms in total. The van der Waals surface area contributed by atoms with Crippen molar-refractivity contribution in [2.75, 3.05) is 13.1 Å². The Morgan fingerprint density at radius 2 is 2.21 bits per heavy atom. The van der Waals surface area contributed by atoms with Crippen LogP contribution in [-0.2, 0) is 23.2 Å². The topological polar surface area (TPSA) is 38.1 Å². The van der Waals surface area contributed by atoms with Crippen molar-refractivity contribution in [2.24, 2.45) is 5.92 Å². The number of hydrogen-bond acceptors (Lipinski definition) is 3. The lowest BCUT2D eigenvalue weighted by Crippen LogP contribution is -2.30. The highest BCUT2D eigenvalue weighted by molar-refractivity contribution is 7.10. The van der Waals surface area contributed by atoms with E-state index in [1.807, 2.05) is 11.4 Å². The van der Waals surface area contributed by atoms with Gasteiger partial charge < -0.3 is 4.90 Å². The molecule has 0 spiro atoms. The first-order chi connectivity index (χ1) is 11.4. The Morgan fingerprint density at radius 1 is 1.38 bits per heavy atom. The van der Waals surface area contributed by atoms with E-state index in [-0.39, 0.29) is 11.4 Å². The van der Waals surface area contributed by atoms with Crippen molar-refractivity contribution in [1.82, 2.24) is 14.7 Å². The van der Waals surface area contributed by atoms with Crippen LogP contribution in [0, 0.1) is 5.92 Å². The molecule has 5 heteroatoms. The van der Waals surface area contributed by atoms with E-state index >= 15 is 0 Å². The van der Waals surface area contributed by atoms with Crippen LogP contribution in [0.1, 0.15) is 49.2 Å². The van der Waals surface area contributed by atoms with Gasteiger partial charge in [0.25, 0.3) is 0 Å². The molecule has 0 saturated carbocycles. The lowest BCUT2D eigenvalue weighted by atomic mass is 9.81. The van der Waals surface area contributed by atoms with E-state index in [2.05, 4.69) is 42.6 Å². The molecular weight excluding hydrogens is 318 g/mol. The zero-order chi connectivity index (χ0) is 16.9. The number of carbonyl (C=O) groups is 1. The van der Waals surface area contributed by atoms with Gasteiger partial charge in [-0.2, -0.15) is 5.10 Å². The van der Waals surface area contributed by atoms with Crippen molar-refractivity contribution in [2.45, 2.75) is 51.5 Å². The molecule has 1 aliphatic carbocycles. The zero-order valence-corrected chi connectivity index (χ0v) is 15.5. The third kappa shape index (κ3) is 2.79. The van der Waals surface area contributed by atoms with Crippen LogP contribution in [0.3, 0.4) is 0 Å². The number of amides is 1. The first kappa shape index (κ1) is 15.9. The van der Waals surface area contributed by atoms with Crippen molar-refractivity contribution in [1.29, 1.82) is 0 Å². The van der Waals surface area contributed by atoms with Crippen LogP contribution in [0.25, 0.3) is 0 Å². The van der Waals surface area contributed by atoms with Gasteiger partial charge in [0.05, 0.1) is 17.7 Å². The van der Waals surface area contributed by atoms with Crippen LogP contribution in [0.4, 0.5) is 0 Å². The maximum atomic E-state index is 12.6. The second-order valence-corrected chi connectivity index (χ2v) is 9.15. The summed E-state index contributed by atoms with van der Waals surface area (Å²) in [5.41, 5.74) is 2.64. The van der Waals surface area contributed by atoms with Gasteiger partial charge >= 0.3 is 0 Å². The van der Waals surface area contributed by atoms with Crippen molar-refractivity contribution >= 4 is 17.2 Å². The highest BCUT2D eigenvalue weighted by Gasteiger charge is 2.41. The first-order valence-corrected chi connectivity index (χ1v) is 9.69. The van der Waals surface area contributed by atoms with Crippen LogP contribution in [0.15, 0.2) is 23.7 Å². The van der Waals surface area contributed by atoms with Crippen molar-refractivity contribution in [3.05, 3.63) is 39.8 Å². The molecule has 1 aliphatic heterocycles. The predicted molar refractivity (Wildman–Crippen MR) is 96.4 cm³/mol. The second kappa shape index (κ2) is 5.73. The number of rotatable bonds is 2. The number of aryl methyl sites for hydroxylation is 1. The van der Waals surface area contributed by atoms with Crippen molar-refractivity contribution < 1.29 is 4.79 Å². The molecule has 2 aliphatic rings. The van der Waals surface area contributed by atoms with E-state index in [4.69, 9.17) is 5.10 Å². The number of hydrogen-bond donors (Lipinski definition) is 0. The Labute approximate surface area is 147 Å². The number of thiophene rings is 1. The largest absolute Gasteiger partial charge is 0.341 e. The molecule has 0 N–H and O–H groups in total. The molecule has 2 atom stereocenters. The lowest BCUT2D eigenvalue weighted by molar-refractivity contribution is -0.129. The fraction of sp³-hybridized carbons (Fsp3) is 0.579. The third-order valence-electron chi connectivity index (χ3n) is 5.34. The minimum absolute atomic E-state index is 0.0140. The van der Waals surface area contributed by atoms with Gasteiger partial charge in [-0.05, 0) is 56.5 Å². The summed E-state index contributed by atoms with van der Waals surface area (Å²) in [5, 5.41) is 6.95. The molecular formula is C19H25N3OS. The monoisotopic (exact) mass is 343 g/mol. The summed E-state index contributed by atoms with van der Waals surface area (Å²) < 4.78 is 2.11. The Morgan fingerprint density at radius 3 is 2.92 bits per heavy atom. The van der Waals surface area contributed by atoms with Gasteiger partial charge in [-0.25, -0.2) is 0 Å². The maximum Gasteiger partial charge on any atom is 0.227 e. The van der Waals surface area contributed by atoms with E-state index in [1.54, 1.807) is 11.3 Å². The summed E-state index contributed by atoms with van der Waals surface area (Å²) in [5.74, 6) is 1.27. The molecule has 1 saturated heterocycles. The number of carbonyl (C=O) groups excluding carboxylic acids is 1. The van der Waals surface area contributed by atoms with Gasteiger partial charge in [0.2, 0.25) is 5.91 Å². The summed E-state index contributed by atoms with van der Waals surface area (Å²) in [6.45, 7) is 8.30. The summed E-state index contributed by atoms with van der Waals surface area (Å²) in [6, 6.07) is 4.07. The molecule has 0 bridgehead atoms. The molecule has 0 radical (unpaired) electrons. The van der Waals surface area contributed by atoms with E-state index < -0.39 is 0 Å². The molecule has 2 aromatic rings. The predicted octanol–water partition coefficient (Wildman–Crippen LogP) is 3.43. The van der Waals surface area contributed by atoms with Crippen LogP contribution in [-0.4, -0.2) is 33.7 Å². The summed E-state index contributed by atoms with van der Waals surface area (Å²) in [7, 11) is 0. The van der Waals surface area contributed by atoms with Crippen LogP contribution in [0.5, 0.6) is 0 Å². The normalized spacial score (nSPS) is 23.2. The Hall–Kier alpha value is -1.62. The Balaban J connectivity index is 1.52. The zero-order valence-electron chi connectivity index (χ0n) is 14.7. The molecule has 2 aromatic heterocycles. The van der Waals surface area contributed by atoms with Crippen LogP contribution >= 0.6 is 11.3 Å².